The Morgan fingerprint density at radius 2 is 1.82 bits per heavy atom. The summed E-state index contributed by atoms with van der Waals surface area (Å²) < 4.78 is 17.7. The molecule has 38 heavy (non-hydrogen) atoms. The van der Waals surface area contributed by atoms with E-state index in [0.717, 1.165) is 5.56 Å². The molecule has 7 rings (SSSR count). The molecule has 190 valence electrons. The van der Waals surface area contributed by atoms with Crippen LogP contribution in [0.4, 0.5) is 5.69 Å². The average Bonchev–Trinajstić information content (AvgIpc) is 3.60. The van der Waals surface area contributed by atoms with Crippen LogP contribution in [0.25, 0.3) is 10.8 Å². The highest BCUT2D eigenvalue weighted by molar-refractivity contribution is 6.26. The number of nitrogens with zero attached hydrogens (tertiary/aromatic N) is 2. The third kappa shape index (κ3) is 3.09. The molecule has 0 N–H and O–H groups in total. The number of carbonyl (C=O) groups excluding carboxylic acids is 3. The Bertz CT molecular complexity index is 1610. The first-order valence-corrected chi connectivity index (χ1v) is 12.8. The van der Waals surface area contributed by atoms with Crippen LogP contribution in [0.1, 0.15) is 37.3 Å². The number of hydrogen-bond donors (Lipinski definition) is 0. The van der Waals surface area contributed by atoms with Crippen LogP contribution in [0.5, 0.6) is 11.5 Å². The minimum atomic E-state index is -0.793. The van der Waals surface area contributed by atoms with Crippen LogP contribution in [0.2, 0.25) is 0 Å². The van der Waals surface area contributed by atoms with Crippen LogP contribution in [-0.2, 0) is 25.5 Å². The van der Waals surface area contributed by atoms with Crippen LogP contribution in [0.3, 0.4) is 0 Å². The molecule has 0 radical (unpaired) electrons. The number of hydrogen-bond acceptors (Lipinski definition) is 7. The standard InChI is InChI=1S/C30H24N2O6/c1-29-10-11-30(38-29,12-13-36-19-7-9-23-18(14-19)15-24(33)37-23)26-25(29)27(34)32(28(26)35)22-8-6-17(16-31)20-4-2-3-5-21(20)22/h2-9,14,25-26H,10-13,15H2,1H3/t25-,26+,29-,30-/m1/s1. The van der Waals surface area contributed by atoms with Gasteiger partial charge in [-0.2, -0.15) is 5.26 Å². The van der Waals surface area contributed by atoms with E-state index in [1.165, 1.54) is 4.90 Å². The van der Waals surface area contributed by atoms with Gasteiger partial charge in [0.25, 0.3) is 0 Å². The van der Waals surface area contributed by atoms with Crippen LogP contribution in [0, 0.1) is 23.2 Å². The second kappa shape index (κ2) is 7.89. The van der Waals surface area contributed by atoms with Crippen molar-refractivity contribution in [1.82, 2.24) is 0 Å². The normalized spacial score (nSPS) is 28.9. The van der Waals surface area contributed by atoms with E-state index >= 15 is 0 Å². The Balaban J connectivity index is 1.18. The van der Waals surface area contributed by atoms with Crippen molar-refractivity contribution >= 4 is 34.2 Å². The largest absolute Gasteiger partial charge is 0.493 e. The van der Waals surface area contributed by atoms with Crippen molar-refractivity contribution < 1.29 is 28.6 Å². The van der Waals surface area contributed by atoms with Crippen molar-refractivity contribution in [2.24, 2.45) is 11.8 Å². The van der Waals surface area contributed by atoms with Gasteiger partial charge >= 0.3 is 5.97 Å². The summed E-state index contributed by atoms with van der Waals surface area (Å²) in [5.41, 5.74) is 0.278. The van der Waals surface area contributed by atoms with Crippen LogP contribution in [0.15, 0.2) is 54.6 Å². The fourth-order valence-corrected chi connectivity index (χ4v) is 6.96. The van der Waals surface area contributed by atoms with Gasteiger partial charge in [0.1, 0.15) is 11.5 Å². The minimum absolute atomic E-state index is 0.220. The summed E-state index contributed by atoms with van der Waals surface area (Å²) in [7, 11) is 0. The molecule has 8 nitrogen and oxygen atoms in total. The van der Waals surface area contributed by atoms with Crippen LogP contribution < -0.4 is 14.4 Å². The van der Waals surface area contributed by atoms with E-state index in [4.69, 9.17) is 14.2 Å². The van der Waals surface area contributed by atoms with Crippen molar-refractivity contribution in [3.8, 4) is 17.6 Å². The molecule has 0 aromatic heterocycles. The maximum Gasteiger partial charge on any atom is 0.315 e. The maximum atomic E-state index is 14.0. The van der Waals surface area contributed by atoms with Crippen molar-refractivity contribution in [2.75, 3.05) is 11.5 Å². The highest BCUT2D eigenvalue weighted by Gasteiger charge is 2.73. The van der Waals surface area contributed by atoms with Crippen molar-refractivity contribution in [2.45, 2.75) is 43.8 Å². The molecule has 4 atom stereocenters. The number of amides is 2. The molecule has 8 heteroatoms. The number of ether oxygens (including phenoxy) is 3. The Morgan fingerprint density at radius 3 is 2.63 bits per heavy atom. The summed E-state index contributed by atoms with van der Waals surface area (Å²) in [6.45, 7) is 2.23. The number of esters is 1. The van der Waals surface area contributed by atoms with Crippen molar-refractivity contribution in [1.29, 1.82) is 5.26 Å². The molecule has 4 aliphatic rings. The maximum absolute atomic E-state index is 14.0. The first-order valence-electron chi connectivity index (χ1n) is 12.8. The van der Waals surface area contributed by atoms with Crippen LogP contribution >= 0.6 is 0 Å². The van der Waals surface area contributed by atoms with Crippen molar-refractivity contribution in [3.63, 3.8) is 0 Å². The van der Waals surface area contributed by atoms with Crippen LogP contribution in [-0.4, -0.2) is 35.6 Å². The van der Waals surface area contributed by atoms with E-state index in [1.54, 1.807) is 30.3 Å². The number of fused-ring (bicyclic) bond motifs is 7. The van der Waals surface area contributed by atoms with Gasteiger partial charge in [0.15, 0.2) is 0 Å². The Labute approximate surface area is 218 Å². The van der Waals surface area contributed by atoms with E-state index in [-0.39, 0.29) is 24.2 Å². The highest BCUT2D eigenvalue weighted by atomic mass is 16.5. The lowest BCUT2D eigenvalue weighted by molar-refractivity contribution is -0.132. The zero-order valence-corrected chi connectivity index (χ0v) is 20.7. The summed E-state index contributed by atoms with van der Waals surface area (Å²) in [5.74, 6) is -0.780. The van der Waals surface area contributed by atoms with E-state index in [2.05, 4.69) is 6.07 Å². The summed E-state index contributed by atoms with van der Waals surface area (Å²) in [6, 6.07) is 18.2. The number of carbonyl (C=O) groups is 3. The number of nitriles is 1. The zero-order chi connectivity index (χ0) is 26.2. The third-order valence-corrected chi connectivity index (χ3v) is 8.66. The quantitative estimate of drug-likeness (QED) is 0.291. The monoisotopic (exact) mass is 508 g/mol. The lowest BCUT2D eigenvalue weighted by Gasteiger charge is -2.31. The molecular weight excluding hydrogens is 484 g/mol. The second-order valence-corrected chi connectivity index (χ2v) is 10.8. The zero-order valence-electron chi connectivity index (χ0n) is 20.7. The summed E-state index contributed by atoms with van der Waals surface area (Å²) in [6.07, 6.45) is 2.03. The highest BCUT2D eigenvalue weighted by Crippen LogP contribution is 2.62. The molecule has 2 bridgehead atoms. The molecule has 0 unspecified atom stereocenters. The van der Waals surface area contributed by atoms with Gasteiger partial charge in [0, 0.05) is 22.8 Å². The predicted molar refractivity (Wildman–Crippen MR) is 135 cm³/mol. The second-order valence-electron chi connectivity index (χ2n) is 10.8. The molecule has 0 aliphatic carbocycles. The number of anilines is 1. The lowest BCUT2D eigenvalue weighted by atomic mass is 9.67. The average molecular weight is 509 g/mol. The molecule has 4 aliphatic heterocycles. The number of benzene rings is 3. The van der Waals surface area contributed by atoms with Gasteiger partial charge < -0.3 is 14.2 Å². The van der Waals surface area contributed by atoms with E-state index in [9.17, 15) is 19.6 Å². The lowest BCUT2D eigenvalue weighted by Crippen LogP contribution is -2.43. The molecule has 3 aromatic rings. The molecule has 3 aromatic carbocycles. The van der Waals surface area contributed by atoms with Crippen molar-refractivity contribution in [3.05, 3.63) is 65.7 Å². The Morgan fingerprint density at radius 1 is 1.03 bits per heavy atom. The summed E-state index contributed by atoms with van der Waals surface area (Å²) in [5, 5.41) is 11.0. The summed E-state index contributed by atoms with van der Waals surface area (Å²) >= 11 is 0. The molecular formula is C30H24N2O6. The fourth-order valence-electron chi connectivity index (χ4n) is 6.96. The first kappa shape index (κ1) is 22.9. The van der Waals surface area contributed by atoms with E-state index in [0.29, 0.717) is 59.4 Å². The van der Waals surface area contributed by atoms with Gasteiger partial charge in [-0.1, -0.05) is 24.3 Å². The molecule has 4 heterocycles. The van der Waals surface area contributed by atoms with Gasteiger partial charge in [-0.3, -0.25) is 14.4 Å². The predicted octanol–water partition coefficient (Wildman–Crippen LogP) is 4.07. The van der Waals surface area contributed by atoms with Gasteiger partial charge in [-0.15, -0.1) is 0 Å². The van der Waals surface area contributed by atoms with Gasteiger partial charge in [0.2, 0.25) is 11.8 Å². The Hall–Kier alpha value is -4.22. The molecule has 2 amide bonds. The van der Waals surface area contributed by atoms with Gasteiger partial charge in [0.05, 0.1) is 53.4 Å². The number of imide groups is 1. The fraction of sp³-hybridized carbons (Fsp3) is 0.333. The number of rotatable bonds is 5. The molecule has 0 saturated carbocycles. The molecule has 3 saturated heterocycles. The first-order chi connectivity index (χ1) is 18.3. The van der Waals surface area contributed by atoms with Gasteiger partial charge in [-0.05, 0) is 50.1 Å². The smallest absolute Gasteiger partial charge is 0.315 e. The topological polar surface area (TPSA) is 106 Å². The van der Waals surface area contributed by atoms with E-state index < -0.39 is 23.0 Å². The minimum Gasteiger partial charge on any atom is -0.493 e. The SMILES string of the molecule is C[C@]12CC[C@](CCOc3ccc4c(c3)CC(=O)O4)(O1)[C@@H]1C(=O)N(c3ccc(C#N)c4ccccc34)C(=O)[C@@H]12. The summed E-state index contributed by atoms with van der Waals surface area (Å²) in [4.78, 5) is 40.7. The molecule has 3 fully saturated rings. The Kier molecular flexibility index (Phi) is 4.76. The third-order valence-electron chi connectivity index (χ3n) is 8.66. The molecule has 0 spiro atoms. The van der Waals surface area contributed by atoms with E-state index in [1.807, 2.05) is 31.2 Å². The van der Waals surface area contributed by atoms with Gasteiger partial charge in [-0.25, -0.2) is 4.90 Å².